The van der Waals surface area contributed by atoms with E-state index in [0.717, 1.165) is 41.0 Å². The van der Waals surface area contributed by atoms with Gasteiger partial charge in [0.25, 0.3) is 0 Å². The van der Waals surface area contributed by atoms with E-state index >= 15 is 0 Å². The number of ether oxygens (including phenoxy) is 1. The van der Waals surface area contributed by atoms with E-state index in [9.17, 15) is 9.59 Å². The molecular formula is C24H25N3O3S. The van der Waals surface area contributed by atoms with Crippen LogP contribution in [-0.4, -0.2) is 52.9 Å². The Hall–Kier alpha value is -2.77. The van der Waals surface area contributed by atoms with Crippen LogP contribution in [-0.2, 0) is 27.3 Å². The van der Waals surface area contributed by atoms with Crippen LogP contribution in [0.3, 0.4) is 0 Å². The van der Waals surface area contributed by atoms with E-state index in [0.29, 0.717) is 13.0 Å². The van der Waals surface area contributed by atoms with Crippen molar-refractivity contribution in [3.05, 3.63) is 64.7 Å². The van der Waals surface area contributed by atoms with Crippen molar-refractivity contribution in [1.82, 2.24) is 14.8 Å². The molecule has 2 aliphatic rings. The lowest BCUT2D eigenvalue weighted by molar-refractivity contribution is -0.154. The van der Waals surface area contributed by atoms with E-state index < -0.39 is 6.04 Å². The maximum Gasteiger partial charge on any atom is 0.328 e. The molecule has 2 unspecified atom stereocenters. The number of hydrogen-bond donors (Lipinski definition) is 0. The van der Waals surface area contributed by atoms with E-state index in [1.54, 1.807) is 16.2 Å². The Balaban J connectivity index is 1.37. The molecule has 3 aromatic rings. The van der Waals surface area contributed by atoms with E-state index in [4.69, 9.17) is 9.72 Å². The van der Waals surface area contributed by atoms with E-state index in [1.165, 1.54) is 11.8 Å². The zero-order valence-electron chi connectivity index (χ0n) is 17.5. The predicted molar refractivity (Wildman–Crippen MR) is 120 cm³/mol. The van der Waals surface area contributed by atoms with Crippen molar-refractivity contribution in [3.8, 4) is 0 Å². The Morgan fingerprint density at radius 2 is 1.90 bits per heavy atom. The number of methoxy groups -OCH3 is 1. The third-order valence-corrected chi connectivity index (χ3v) is 7.48. The molecule has 1 saturated heterocycles. The van der Waals surface area contributed by atoms with Crippen LogP contribution in [0, 0.1) is 0 Å². The summed E-state index contributed by atoms with van der Waals surface area (Å²) in [5.74, 6) is -0.384. The lowest BCUT2D eigenvalue weighted by Crippen LogP contribution is -2.51. The maximum atomic E-state index is 13.4. The minimum atomic E-state index is -0.573. The van der Waals surface area contributed by atoms with Crippen LogP contribution in [0.4, 0.5) is 0 Å². The zero-order valence-corrected chi connectivity index (χ0v) is 18.3. The van der Waals surface area contributed by atoms with Crippen molar-refractivity contribution >= 4 is 33.4 Å². The monoisotopic (exact) mass is 435 g/mol. The molecule has 1 amide bonds. The number of carbonyl (C=O) groups excluding carboxylic acids is 2. The van der Waals surface area contributed by atoms with Crippen molar-refractivity contribution < 1.29 is 14.3 Å². The van der Waals surface area contributed by atoms with E-state index in [-0.39, 0.29) is 24.5 Å². The Kier molecular flexibility index (Phi) is 5.46. The molecule has 3 heterocycles. The quantitative estimate of drug-likeness (QED) is 0.587. The average Bonchev–Trinajstić information content (AvgIpc) is 3.44. The normalized spacial score (nSPS) is 21.3. The summed E-state index contributed by atoms with van der Waals surface area (Å²) in [5.41, 5.74) is 3.22. The van der Waals surface area contributed by atoms with Crippen molar-refractivity contribution in [2.45, 2.75) is 37.9 Å². The first kappa shape index (κ1) is 20.2. The molecule has 0 saturated carbocycles. The number of aromatic nitrogens is 1. The predicted octanol–water partition coefficient (Wildman–Crippen LogP) is 3.56. The fraction of sp³-hybridized carbons (Fsp3) is 0.375. The fourth-order valence-electron chi connectivity index (χ4n) is 4.72. The van der Waals surface area contributed by atoms with Gasteiger partial charge in [0.1, 0.15) is 11.0 Å². The van der Waals surface area contributed by atoms with Gasteiger partial charge in [-0.25, -0.2) is 9.78 Å². The fourth-order valence-corrected chi connectivity index (χ4v) is 5.86. The molecule has 2 aliphatic heterocycles. The molecule has 2 atom stereocenters. The van der Waals surface area contributed by atoms with Gasteiger partial charge in [0.05, 0.1) is 29.9 Å². The molecule has 0 aliphatic carbocycles. The molecule has 0 N–H and O–H groups in total. The zero-order chi connectivity index (χ0) is 21.4. The summed E-state index contributed by atoms with van der Waals surface area (Å²) in [6, 6.07) is 15.7. The Labute approximate surface area is 185 Å². The standard InChI is InChI=1S/C24H25N3O3S/c1-30-24(29)20-13-16-7-2-3-8-17(16)14-27(20)22(28)15-26-12-6-10-19(26)23-25-18-9-4-5-11-21(18)31-23/h2-5,7-9,11,19-20H,6,10,12-15H2,1H3. The number of amides is 1. The summed E-state index contributed by atoms with van der Waals surface area (Å²) >= 11 is 1.71. The highest BCUT2D eigenvalue weighted by Gasteiger charge is 2.37. The molecule has 1 aromatic heterocycles. The van der Waals surface area contributed by atoms with E-state index in [1.807, 2.05) is 42.5 Å². The van der Waals surface area contributed by atoms with Gasteiger partial charge < -0.3 is 9.64 Å². The number of nitrogens with zero attached hydrogens (tertiary/aromatic N) is 3. The first-order chi connectivity index (χ1) is 15.1. The lowest BCUT2D eigenvalue weighted by Gasteiger charge is -2.36. The number of fused-ring (bicyclic) bond motifs is 2. The van der Waals surface area contributed by atoms with Crippen molar-refractivity contribution in [3.63, 3.8) is 0 Å². The molecular weight excluding hydrogens is 410 g/mol. The van der Waals surface area contributed by atoms with Gasteiger partial charge in [-0.05, 0) is 42.6 Å². The van der Waals surface area contributed by atoms with Crippen LogP contribution < -0.4 is 0 Å². The number of para-hydroxylation sites is 1. The molecule has 160 valence electrons. The number of thiazole rings is 1. The third-order valence-electron chi connectivity index (χ3n) is 6.34. The number of likely N-dealkylation sites (tertiary alicyclic amines) is 1. The highest BCUT2D eigenvalue weighted by Crippen LogP contribution is 2.36. The Morgan fingerprint density at radius 3 is 2.71 bits per heavy atom. The number of esters is 1. The summed E-state index contributed by atoms with van der Waals surface area (Å²) in [6.07, 6.45) is 2.53. The summed E-state index contributed by atoms with van der Waals surface area (Å²) in [5, 5.41) is 1.07. The van der Waals surface area contributed by atoms with Crippen LogP contribution in [0.25, 0.3) is 10.2 Å². The summed E-state index contributed by atoms with van der Waals surface area (Å²) < 4.78 is 6.20. The van der Waals surface area contributed by atoms with E-state index in [2.05, 4.69) is 11.0 Å². The second kappa shape index (κ2) is 8.40. The molecule has 31 heavy (non-hydrogen) atoms. The van der Waals surface area contributed by atoms with Gasteiger partial charge in [-0.2, -0.15) is 0 Å². The average molecular weight is 436 g/mol. The molecule has 0 spiro atoms. The molecule has 6 nitrogen and oxygen atoms in total. The molecule has 0 radical (unpaired) electrons. The van der Waals surface area contributed by atoms with Gasteiger partial charge in [0.15, 0.2) is 0 Å². The minimum Gasteiger partial charge on any atom is -0.467 e. The smallest absolute Gasteiger partial charge is 0.328 e. The van der Waals surface area contributed by atoms with Crippen molar-refractivity contribution in [1.29, 1.82) is 0 Å². The number of carbonyl (C=O) groups is 2. The number of rotatable bonds is 4. The van der Waals surface area contributed by atoms with Crippen molar-refractivity contribution in [2.75, 3.05) is 20.2 Å². The van der Waals surface area contributed by atoms with Crippen LogP contribution in [0.2, 0.25) is 0 Å². The van der Waals surface area contributed by atoms with Crippen LogP contribution in [0.15, 0.2) is 48.5 Å². The van der Waals surface area contributed by atoms with Crippen molar-refractivity contribution in [2.24, 2.45) is 0 Å². The summed E-state index contributed by atoms with van der Waals surface area (Å²) in [7, 11) is 1.38. The number of hydrogen-bond acceptors (Lipinski definition) is 6. The topological polar surface area (TPSA) is 62.7 Å². The van der Waals surface area contributed by atoms with Crippen LogP contribution >= 0.6 is 11.3 Å². The molecule has 0 bridgehead atoms. The van der Waals surface area contributed by atoms with Gasteiger partial charge in [0.2, 0.25) is 5.91 Å². The molecule has 2 aromatic carbocycles. The lowest BCUT2D eigenvalue weighted by atomic mass is 9.94. The second-order valence-electron chi connectivity index (χ2n) is 8.18. The van der Waals surface area contributed by atoms with Gasteiger partial charge in [-0.15, -0.1) is 11.3 Å². The summed E-state index contributed by atoms with van der Waals surface area (Å²) in [4.78, 5) is 34.6. The van der Waals surface area contributed by atoms with Gasteiger partial charge in [-0.1, -0.05) is 36.4 Å². The third kappa shape index (κ3) is 3.83. The maximum absolute atomic E-state index is 13.4. The largest absolute Gasteiger partial charge is 0.467 e. The highest BCUT2D eigenvalue weighted by molar-refractivity contribution is 7.18. The Morgan fingerprint density at radius 1 is 1.13 bits per heavy atom. The molecule has 5 rings (SSSR count). The van der Waals surface area contributed by atoms with Crippen LogP contribution in [0.5, 0.6) is 0 Å². The number of benzene rings is 2. The Bertz CT molecular complexity index is 1090. The van der Waals surface area contributed by atoms with Gasteiger partial charge in [-0.3, -0.25) is 9.69 Å². The first-order valence-electron chi connectivity index (χ1n) is 10.7. The highest BCUT2D eigenvalue weighted by atomic mass is 32.1. The first-order valence-corrected chi connectivity index (χ1v) is 11.5. The van der Waals surface area contributed by atoms with Gasteiger partial charge in [0, 0.05) is 13.0 Å². The minimum absolute atomic E-state index is 0.0297. The second-order valence-corrected chi connectivity index (χ2v) is 9.24. The summed E-state index contributed by atoms with van der Waals surface area (Å²) in [6.45, 7) is 1.59. The molecule has 7 heteroatoms. The molecule has 1 fully saturated rings. The van der Waals surface area contributed by atoms with Gasteiger partial charge >= 0.3 is 5.97 Å². The van der Waals surface area contributed by atoms with Crippen LogP contribution in [0.1, 0.15) is 35.0 Å². The SMILES string of the molecule is COC(=O)C1Cc2ccccc2CN1C(=O)CN1CCCC1c1nc2ccccc2s1.